The van der Waals surface area contributed by atoms with Crippen molar-refractivity contribution in [3.05, 3.63) is 22.7 Å². The van der Waals surface area contributed by atoms with Crippen molar-refractivity contribution < 1.29 is 19.7 Å². The Kier molecular flexibility index (Phi) is 5.89. The maximum Gasteiger partial charge on any atom is 0.352 e. The van der Waals surface area contributed by atoms with Crippen molar-refractivity contribution in [3.63, 3.8) is 0 Å². The number of nitrogen functional groups attached to an aromatic ring is 1. The summed E-state index contributed by atoms with van der Waals surface area (Å²) >= 11 is 0. The molecule has 0 bridgehead atoms. The lowest BCUT2D eigenvalue weighted by Crippen LogP contribution is -2.49. The third-order valence-corrected chi connectivity index (χ3v) is 4.59. The summed E-state index contributed by atoms with van der Waals surface area (Å²) in [6.45, 7) is 7.79. The second-order valence-electron chi connectivity index (χ2n) is 8.40. The first-order chi connectivity index (χ1) is 12.0. The van der Waals surface area contributed by atoms with Crippen LogP contribution in [0.25, 0.3) is 0 Å². The SMILES string of the molecule is CC(CC(=O)[C@]1(n2ccc(N)nc2=O)C[C@H](O)[C@@H](CO)O1)CC(C)(C)C. The molecule has 1 fully saturated rings. The molecule has 4 atom stereocenters. The van der Waals surface area contributed by atoms with E-state index in [0.717, 1.165) is 11.0 Å². The Labute approximate surface area is 153 Å². The van der Waals surface area contributed by atoms with E-state index in [1.165, 1.54) is 12.3 Å². The highest BCUT2D eigenvalue weighted by atomic mass is 16.6. The molecule has 1 aliphatic heterocycles. The highest BCUT2D eigenvalue weighted by Gasteiger charge is 2.53. The van der Waals surface area contributed by atoms with Gasteiger partial charge < -0.3 is 20.7 Å². The number of rotatable bonds is 6. The number of aliphatic hydroxyl groups excluding tert-OH is 2. The van der Waals surface area contributed by atoms with Gasteiger partial charge in [-0.15, -0.1) is 0 Å². The zero-order valence-corrected chi connectivity index (χ0v) is 15.8. The third-order valence-electron chi connectivity index (χ3n) is 4.59. The van der Waals surface area contributed by atoms with Gasteiger partial charge in [-0.25, -0.2) is 4.79 Å². The van der Waals surface area contributed by atoms with Crippen LogP contribution in [0.15, 0.2) is 17.1 Å². The summed E-state index contributed by atoms with van der Waals surface area (Å²) in [5, 5.41) is 19.6. The molecule has 1 saturated heterocycles. The van der Waals surface area contributed by atoms with E-state index in [-0.39, 0.29) is 35.8 Å². The number of nitrogens with zero attached hydrogens (tertiary/aromatic N) is 2. The van der Waals surface area contributed by atoms with Crippen molar-refractivity contribution in [3.8, 4) is 0 Å². The van der Waals surface area contributed by atoms with Gasteiger partial charge >= 0.3 is 5.69 Å². The predicted molar refractivity (Wildman–Crippen MR) is 96.3 cm³/mol. The average molecular weight is 367 g/mol. The van der Waals surface area contributed by atoms with Gasteiger partial charge in [0.2, 0.25) is 5.72 Å². The number of anilines is 1. The molecule has 0 spiro atoms. The van der Waals surface area contributed by atoms with Gasteiger partial charge in [-0.05, 0) is 23.8 Å². The molecule has 1 aromatic heterocycles. The number of ketones is 1. The number of aromatic nitrogens is 2. The molecule has 4 N–H and O–H groups in total. The molecule has 146 valence electrons. The summed E-state index contributed by atoms with van der Waals surface area (Å²) in [4.78, 5) is 29.2. The number of nitrogens with two attached hydrogens (primary N) is 1. The molecule has 0 radical (unpaired) electrons. The van der Waals surface area contributed by atoms with Gasteiger partial charge in [-0.3, -0.25) is 9.36 Å². The molecule has 0 aliphatic carbocycles. The monoisotopic (exact) mass is 367 g/mol. The van der Waals surface area contributed by atoms with Gasteiger partial charge in [0.1, 0.15) is 11.9 Å². The van der Waals surface area contributed by atoms with E-state index in [4.69, 9.17) is 10.5 Å². The lowest BCUT2D eigenvalue weighted by Gasteiger charge is -2.31. The Morgan fingerprint density at radius 2 is 2.19 bits per heavy atom. The van der Waals surface area contributed by atoms with Crippen LogP contribution < -0.4 is 11.4 Å². The first-order valence-corrected chi connectivity index (χ1v) is 8.84. The second kappa shape index (κ2) is 7.46. The number of carbonyl (C=O) groups is 1. The standard InChI is InChI=1S/C18H29N3O5/c1-11(8-17(2,3)4)7-14(24)18(9-12(23)13(10-22)26-18)21-6-5-15(19)20-16(21)25/h5-6,11-13,22-23H,7-10H2,1-4H3,(H2,19,20,25)/t11?,12-,13+,18-/m0/s1. The zero-order valence-electron chi connectivity index (χ0n) is 15.8. The van der Waals surface area contributed by atoms with E-state index in [9.17, 15) is 19.8 Å². The van der Waals surface area contributed by atoms with Gasteiger partial charge in [-0.1, -0.05) is 27.7 Å². The van der Waals surface area contributed by atoms with Crippen LogP contribution in [-0.2, 0) is 15.3 Å². The fourth-order valence-corrected chi connectivity index (χ4v) is 3.70. The molecule has 8 heteroatoms. The Bertz CT molecular complexity index is 712. The average Bonchev–Trinajstić information content (AvgIpc) is 2.83. The summed E-state index contributed by atoms with van der Waals surface area (Å²) in [7, 11) is 0. The topological polar surface area (TPSA) is 128 Å². The molecule has 0 amide bonds. The molecule has 8 nitrogen and oxygen atoms in total. The normalized spacial score (nSPS) is 27.5. The lowest BCUT2D eigenvalue weighted by atomic mass is 9.82. The lowest BCUT2D eigenvalue weighted by molar-refractivity contribution is -0.163. The largest absolute Gasteiger partial charge is 0.394 e. The van der Waals surface area contributed by atoms with E-state index in [1.807, 2.05) is 6.92 Å². The number of hydrogen-bond acceptors (Lipinski definition) is 7. The first-order valence-electron chi connectivity index (χ1n) is 8.84. The summed E-state index contributed by atoms with van der Waals surface area (Å²) in [5.41, 5.74) is 3.18. The Hall–Kier alpha value is -1.77. The molecule has 1 unspecified atom stereocenters. The van der Waals surface area contributed by atoms with Crippen LogP contribution in [-0.4, -0.2) is 44.4 Å². The van der Waals surface area contributed by atoms with E-state index in [2.05, 4.69) is 25.8 Å². The van der Waals surface area contributed by atoms with Crippen molar-refractivity contribution in [1.82, 2.24) is 9.55 Å². The van der Waals surface area contributed by atoms with Crippen LogP contribution in [0.5, 0.6) is 0 Å². The van der Waals surface area contributed by atoms with Gasteiger partial charge in [0, 0.05) is 19.0 Å². The maximum absolute atomic E-state index is 13.2. The Morgan fingerprint density at radius 1 is 1.54 bits per heavy atom. The minimum Gasteiger partial charge on any atom is -0.394 e. The second-order valence-corrected chi connectivity index (χ2v) is 8.40. The van der Waals surface area contributed by atoms with Gasteiger partial charge in [0.25, 0.3) is 0 Å². The summed E-state index contributed by atoms with van der Waals surface area (Å²) in [5.74, 6) is -0.226. The first kappa shape index (κ1) is 20.5. The molecular formula is C18H29N3O5. The highest BCUT2D eigenvalue weighted by molar-refractivity contribution is 5.85. The van der Waals surface area contributed by atoms with Crippen molar-refractivity contribution in [2.45, 2.75) is 64.9 Å². The number of hydrogen-bond donors (Lipinski definition) is 3. The van der Waals surface area contributed by atoms with Crippen LogP contribution in [0, 0.1) is 11.3 Å². The van der Waals surface area contributed by atoms with Crippen LogP contribution >= 0.6 is 0 Å². The maximum atomic E-state index is 13.2. The van der Waals surface area contributed by atoms with Crippen molar-refractivity contribution >= 4 is 11.6 Å². The van der Waals surface area contributed by atoms with E-state index < -0.39 is 30.2 Å². The summed E-state index contributed by atoms with van der Waals surface area (Å²) < 4.78 is 6.82. The molecule has 0 aromatic carbocycles. The molecule has 0 saturated carbocycles. The molecule has 1 aromatic rings. The van der Waals surface area contributed by atoms with Crippen LogP contribution in [0.2, 0.25) is 0 Å². The minimum absolute atomic E-state index is 0.0344. The van der Waals surface area contributed by atoms with Gasteiger partial charge in [-0.2, -0.15) is 4.98 Å². The summed E-state index contributed by atoms with van der Waals surface area (Å²) in [6, 6.07) is 1.40. The molecule has 2 heterocycles. The Morgan fingerprint density at radius 3 is 2.69 bits per heavy atom. The van der Waals surface area contributed by atoms with Gasteiger partial charge in [0.15, 0.2) is 5.78 Å². The third kappa shape index (κ3) is 4.31. The van der Waals surface area contributed by atoms with Crippen LogP contribution in [0.3, 0.4) is 0 Å². The minimum atomic E-state index is -1.68. The number of Topliss-reactive ketones (excluding diaryl/α,β-unsaturated/α-hetero) is 1. The van der Waals surface area contributed by atoms with E-state index in [0.29, 0.717) is 0 Å². The van der Waals surface area contributed by atoms with Crippen molar-refractivity contribution in [2.75, 3.05) is 12.3 Å². The predicted octanol–water partition coefficient (Wildman–Crippen LogP) is 0.652. The smallest absolute Gasteiger partial charge is 0.352 e. The van der Waals surface area contributed by atoms with Crippen LogP contribution in [0.4, 0.5) is 5.82 Å². The van der Waals surface area contributed by atoms with Crippen molar-refractivity contribution in [2.24, 2.45) is 11.3 Å². The Balaban J connectivity index is 2.39. The molecular weight excluding hydrogens is 338 g/mol. The van der Waals surface area contributed by atoms with Crippen LogP contribution in [0.1, 0.15) is 47.0 Å². The van der Waals surface area contributed by atoms with E-state index in [1.54, 1.807) is 0 Å². The molecule has 26 heavy (non-hydrogen) atoms. The summed E-state index contributed by atoms with van der Waals surface area (Å²) in [6.07, 6.45) is 0.218. The quantitative estimate of drug-likeness (QED) is 0.673. The number of carbonyl (C=O) groups excluding carboxylic acids is 1. The fraction of sp³-hybridized carbons (Fsp3) is 0.722. The molecule has 2 rings (SSSR count). The molecule has 1 aliphatic rings. The fourth-order valence-electron chi connectivity index (χ4n) is 3.70. The number of aliphatic hydroxyl groups is 2. The highest BCUT2D eigenvalue weighted by Crippen LogP contribution is 2.38. The zero-order chi connectivity index (χ0) is 19.7. The van der Waals surface area contributed by atoms with E-state index >= 15 is 0 Å². The van der Waals surface area contributed by atoms with Crippen molar-refractivity contribution in [1.29, 1.82) is 0 Å². The number of ether oxygens (including phenoxy) is 1. The van der Waals surface area contributed by atoms with Gasteiger partial charge in [0.05, 0.1) is 12.7 Å².